The Morgan fingerprint density at radius 1 is 1.12 bits per heavy atom. The van der Waals surface area contributed by atoms with E-state index >= 15 is 0 Å². The van der Waals surface area contributed by atoms with Crippen LogP contribution in [0.5, 0.6) is 0 Å². The zero-order valence-corrected chi connectivity index (χ0v) is 11.7. The Hall–Kier alpha value is -1.19. The Balaban J connectivity index is 2.23. The van der Waals surface area contributed by atoms with Crippen molar-refractivity contribution in [2.24, 2.45) is 0 Å². The van der Waals surface area contributed by atoms with Gasteiger partial charge >= 0.3 is 0 Å². The second-order valence-corrected chi connectivity index (χ2v) is 6.59. The van der Waals surface area contributed by atoms with E-state index in [0.29, 0.717) is 0 Å². The number of fused-ring (bicyclic) bond motifs is 1. The molecule has 0 unspecified atom stereocenters. The first-order valence-corrected chi connectivity index (χ1v) is 7.27. The molecule has 0 atom stereocenters. The van der Waals surface area contributed by atoms with E-state index in [0.717, 1.165) is 10.7 Å². The fourth-order valence-corrected chi connectivity index (χ4v) is 3.86. The SMILES string of the molecule is Cc1nc(-c2ccc3scc(C)c3c2)c(C)s1. The molecule has 0 amide bonds. The largest absolute Gasteiger partial charge is 0.241 e. The molecule has 0 saturated heterocycles. The van der Waals surface area contributed by atoms with Gasteiger partial charge in [-0.15, -0.1) is 22.7 Å². The molecule has 0 aliphatic carbocycles. The zero-order chi connectivity index (χ0) is 12.0. The summed E-state index contributed by atoms with van der Waals surface area (Å²) in [6, 6.07) is 6.65. The summed E-state index contributed by atoms with van der Waals surface area (Å²) < 4.78 is 1.36. The quantitative estimate of drug-likeness (QED) is 0.602. The average molecular weight is 259 g/mol. The van der Waals surface area contributed by atoms with Crippen LogP contribution in [-0.2, 0) is 0 Å². The number of hydrogen-bond donors (Lipinski definition) is 0. The van der Waals surface area contributed by atoms with Crippen LogP contribution in [-0.4, -0.2) is 4.98 Å². The average Bonchev–Trinajstić information content (AvgIpc) is 2.83. The van der Waals surface area contributed by atoms with Crippen LogP contribution in [0.25, 0.3) is 21.3 Å². The maximum Gasteiger partial charge on any atom is 0.0904 e. The number of benzene rings is 1. The van der Waals surface area contributed by atoms with Crippen LogP contribution in [0.3, 0.4) is 0 Å². The van der Waals surface area contributed by atoms with E-state index in [-0.39, 0.29) is 0 Å². The Bertz CT molecular complexity index is 691. The van der Waals surface area contributed by atoms with Crippen LogP contribution in [0.15, 0.2) is 23.6 Å². The Kier molecular flexibility index (Phi) is 2.53. The van der Waals surface area contributed by atoms with Crippen molar-refractivity contribution in [3.05, 3.63) is 39.0 Å². The lowest BCUT2D eigenvalue weighted by Crippen LogP contribution is -1.81. The van der Waals surface area contributed by atoms with Crippen molar-refractivity contribution >= 4 is 32.8 Å². The monoisotopic (exact) mass is 259 g/mol. The van der Waals surface area contributed by atoms with Crippen LogP contribution in [0.2, 0.25) is 0 Å². The molecule has 17 heavy (non-hydrogen) atoms. The molecule has 1 aromatic carbocycles. The molecule has 0 radical (unpaired) electrons. The van der Waals surface area contributed by atoms with Gasteiger partial charge in [-0.1, -0.05) is 6.07 Å². The van der Waals surface area contributed by atoms with Gasteiger partial charge in [-0.3, -0.25) is 0 Å². The van der Waals surface area contributed by atoms with Crippen molar-refractivity contribution in [1.82, 2.24) is 4.98 Å². The van der Waals surface area contributed by atoms with Gasteiger partial charge in [-0.2, -0.15) is 0 Å². The van der Waals surface area contributed by atoms with Crippen molar-refractivity contribution in [2.45, 2.75) is 20.8 Å². The lowest BCUT2D eigenvalue weighted by molar-refractivity contribution is 1.29. The van der Waals surface area contributed by atoms with Gasteiger partial charge in [0.2, 0.25) is 0 Å². The highest BCUT2D eigenvalue weighted by molar-refractivity contribution is 7.17. The van der Waals surface area contributed by atoms with Gasteiger partial charge in [0.25, 0.3) is 0 Å². The minimum atomic E-state index is 1.14. The summed E-state index contributed by atoms with van der Waals surface area (Å²) in [4.78, 5) is 5.92. The molecule has 0 bridgehead atoms. The van der Waals surface area contributed by atoms with Crippen molar-refractivity contribution in [1.29, 1.82) is 0 Å². The smallest absolute Gasteiger partial charge is 0.0904 e. The molecule has 3 heteroatoms. The zero-order valence-electron chi connectivity index (χ0n) is 10.1. The summed E-state index contributed by atoms with van der Waals surface area (Å²) in [6.07, 6.45) is 0. The van der Waals surface area contributed by atoms with Crippen molar-refractivity contribution in [2.75, 3.05) is 0 Å². The van der Waals surface area contributed by atoms with E-state index in [4.69, 9.17) is 0 Å². The van der Waals surface area contributed by atoms with E-state index in [9.17, 15) is 0 Å². The van der Waals surface area contributed by atoms with Gasteiger partial charge in [0, 0.05) is 15.1 Å². The topological polar surface area (TPSA) is 12.9 Å². The van der Waals surface area contributed by atoms with Crippen LogP contribution in [0, 0.1) is 20.8 Å². The fraction of sp³-hybridized carbons (Fsp3) is 0.214. The van der Waals surface area contributed by atoms with E-state index in [1.807, 2.05) is 11.3 Å². The lowest BCUT2D eigenvalue weighted by atomic mass is 10.1. The lowest BCUT2D eigenvalue weighted by Gasteiger charge is -2.00. The molecule has 2 aromatic heterocycles. The fourth-order valence-electron chi connectivity index (χ4n) is 2.10. The van der Waals surface area contributed by atoms with Crippen LogP contribution in [0.4, 0.5) is 0 Å². The molecule has 2 heterocycles. The molecule has 0 fully saturated rings. The highest BCUT2D eigenvalue weighted by atomic mass is 32.1. The molecular formula is C14H13NS2. The molecule has 3 rings (SSSR count). The number of aryl methyl sites for hydroxylation is 3. The second-order valence-electron chi connectivity index (χ2n) is 4.27. The van der Waals surface area contributed by atoms with Crippen molar-refractivity contribution < 1.29 is 0 Å². The Morgan fingerprint density at radius 3 is 2.65 bits per heavy atom. The van der Waals surface area contributed by atoms with Crippen LogP contribution >= 0.6 is 22.7 Å². The van der Waals surface area contributed by atoms with E-state index in [2.05, 4.69) is 49.3 Å². The third kappa shape index (κ3) is 1.79. The van der Waals surface area contributed by atoms with Gasteiger partial charge in [0.15, 0.2) is 0 Å². The predicted octanol–water partition coefficient (Wildman–Crippen LogP) is 4.95. The third-order valence-electron chi connectivity index (χ3n) is 2.94. The summed E-state index contributed by atoms with van der Waals surface area (Å²) in [7, 11) is 0. The molecule has 0 aliphatic heterocycles. The minimum Gasteiger partial charge on any atom is -0.241 e. The summed E-state index contributed by atoms with van der Waals surface area (Å²) in [5.41, 5.74) is 3.73. The van der Waals surface area contributed by atoms with Crippen molar-refractivity contribution in [3.8, 4) is 11.3 Å². The van der Waals surface area contributed by atoms with Gasteiger partial charge < -0.3 is 0 Å². The summed E-state index contributed by atoms with van der Waals surface area (Å²) in [5, 5.41) is 4.71. The molecular weight excluding hydrogens is 246 g/mol. The van der Waals surface area contributed by atoms with Crippen molar-refractivity contribution in [3.63, 3.8) is 0 Å². The normalized spacial score (nSPS) is 11.2. The number of aromatic nitrogens is 1. The highest BCUT2D eigenvalue weighted by Gasteiger charge is 2.09. The number of nitrogens with zero attached hydrogens (tertiary/aromatic N) is 1. The van der Waals surface area contributed by atoms with E-state index < -0.39 is 0 Å². The molecule has 86 valence electrons. The predicted molar refractivity (Wildman–Crippen MR) is 77.1 cm³/mol. The third-order valence-corrected chi connectivity index (χ3v) is 4.91. The second kappa shape index (κ2) is 3.93. The van der Waals surface area contributed by atoms with Gasteiger partial charge in [0.05, 0.1) is 10.7 Å². The molecule has 0 saturated carbocycles. The standard InChI is InChI=1S/C14H13NS2/c1-8-7-16-13-5-4-11(6-12(8)13)14-9(2)17-10(3)15-14/h4-7H,1-3H3. The maximum atomic E-state index is 4.62. The Morgan fingerprint density at radius 2 is 1.94 bits per heavy atom. The number of thiazole rings is 1. The van der Waals surface area contributed by atoms with Gasteiger partial charge in [0.1, 0.15) is 0 Å². The molecule has 3 aromatic rings. The Labute approximate surface area is 109 Å². The van der Waals surface area contributed by atoms with Gasteiger partial charge in [-0.05, 0) is 49.2 Å². The minimum absolute atomic E-state index is 1.14. The van der Waals surface area contributed by atoms with E-state index in [1.165, 1.54) is 26.1 Å². The molecule has 0 N–H and O–H groups in total. The molecule has 1 nitrogen and oxygen atoms in total. The first kappa shape index (κ1) is 10.9. The van der Waals surface area contributed by atoms with E-state index in [1.54, 1.807) is 11.3 Å². The highest BCUT2D eigenvalue weighted by Crippen LogP contribution is 2.32. The number of rotatable bonds is 1. The van der Waals surface area contributed by atoms with Crippen LogP contribution < -0.4 is 0 Å². The first-order chi connectivity index (χ1) is 8.15. The van der Waals surface area contributed by atoms with Gasteiger partial charge in [-0.25, -0.2) is 4.98 Å². The molecule has 0 aliphatic rings. The summed E-state index contributed by atoms with van der Waals surface area (Å²) in [5.74, 6) is 0. The first-order valence-electron chi connectivity index (χ1n) is 5.57. The number of hydrogen-bond acceptors (Lipinski definition) is 3. The molecule has 0 spiro atoms. The summed E-state index contributed by atoms with van der Waals surface area (Å²) >= 11 is 3.58. The number of thiophene rings is 1. The maximum absolute atomic E-state index is 4.62. The van der Waals surface area contributed by atoms with Crippen LogP contribution in [0.1, 0.15) is 15.4 Å². The summed E-state index contributed by atoms with van der Waals surface area (Å²) in [6.45, 7) is 6.38.